The van der Waals surface area contributed by atoms with Gasteiger partial charge in [0.05, 0.1) is 17.6 Å². The van der Waals surface area contributed by atoms with Gasteiger partial charge in [-0.05, 0) is 18.4 Å². The third kappa shape index (κ3) is 3.86. The molecule has 6 rings (SSSR count). The summed E-state index contributed by atoms with van der Waals surface area (Å²) in [6.07, 6.45) is 3.35. The van der Waals surface area contributed by atoms with Crippen LogP contribution in [-0.4, -0.2) is 60.5 Å². The van der Waals surface area contributed by atoms with Crippen molar-refractivity contribution in [2.45, 2.75) is 26.3 Å². The fourth-order valence-electron chi connectivity index (χ4n) is 5.85. The van der Waals surface area contributed by atoms with Gasteiger partial charge in [0.25, 0.3) is 11.1 Å². The van der Waals surface area contributed by atoms with Crippen LogP contribution in [-0.2, 0) is 20.5 Å². The minimum atomic E-state index is -0.524. The summed E-state index contributed by atoms with van der Waals surface area (Å²) in [5.41, 5.74) is 2.06. The molecule has 5 heterocycles. The van der Waals surface area contributed by atoms with Crippen molar-refractivity contribution in [3.63, 3.8) is 0 Å². The summed E-state index contributed by atoms with van der Waals surface area (Å²) in [5.74, 6) is 1.56. The van der Waals surface area contributed by atoms with E-state index in [0.717, 1.165) is 31.4 Å². The summed E-state index contributed by atoms with van der Waals surface area (Å²) in [6, 6.07) is 3.03. The van der Waals surface area contributed by atoms with Gasteiger partial charge in [0.15, 0.2) is 11.3 Å². The van der Waals surface area contributed by atoms with Crippen LogP contribution in [0.1, 0.15) is 19.5 Å². The number of hydrogen-bond donors (Lipinski definition) is 1. The Labute approximate surface area is 218 Å². The second-order valence-electron chi connectivity index (χ2n) is 10.8. The average molecular weight is 520 g/mol. The quantitative estimate of drug-likeness (QED) is 0.409. The number of aromatic amines is 1. The summed E-state index contributed by atoms with van der Waals surface area (Å²) < 4.78 is 17.4. The molecule has 2 aliphatic rings. The van der Waals surface area contributed by atoms with Gasteiger partial charge in [-0.1, -0.05) is 13.8 Å². The molecule has 198 valence electrons. The van der Waals surface area contributed by atoms with Gasteiger partial charge in [0.2, 0.25) is 11.9 Å². The summed E-state index contributed by atoms with van der Waals surface area (Å²) >= 11 is 0. The van der Waals surface area contributed by atoms with Crippen LogP contribution in [0, 0.1) is 23.6 Å². The molecule has 4 aromatic heterocycles. The van der Waals surface area contributed by atoms with Gasteiger partial charge in [-0.15, -0.1) is 0 Å². The molecule has 0 spiro atoms. The van der Waals surface area contributed by atoms with Gasteiger partial charge in [0, 0.05) is 69.9 Å². The fraction of sp³-hybridized carbons (Fsp3) is 0.462. The fourth-order valence-corrected chi connectivity index (χ4v) is 5.85. The van der Waals surface area contributed by atoms with Gasteiger partial charge in [-0.25, -0.2) is 14.4 Å². The van der Waals surface area contributed by atoms with E-state index in [0.29, 0.717) is 40.7 Å². The molecular weight excluding hydrogens is 489 g/mol. The summed E-state index contributed by atoms with van der Waals surface area (Å²) in [4.78, 5) is 46.0. The number of rotatable bonds is 6. The maximum absolute atomic E-state index is 14.4. The highest BCUT2D eigenvalue weighted by Crippen LogP contribution is 2.50. The van der Waals surface area contributed by atoms with E-state index in [1.54, 1.807) is 18.8 Å². The number of nitrogens with zero attached hydrogens (tertiary/aromatic N) is 8. The number of halogens is 1. The minimum Gasteiger partial charge on any atom is -0.342 e. The zero-order chi connectivity index (χ0) is 26.9. The van der Waals surface area contributed by atoms with Crippen LogP contribution in [0.15, 0.2) is 34.1 Å². The van der Waals surface area contributed by atoms with Crippen molar-refractivity contribution in [3.8, 4) is 11.3 Å². The Morgan fingerprint density at radius 1 is 1.18 bits per heavy atom. The number of pyridine rings is 1. The Morgan fingerprint density at radius 3 is 2.61 bits per heavy atom. The van der Waals surface area contributed by atoms with Crippen LogP contribution >= 0.6 is 0 Å². The van der Waals surface area contributed by atoms with Crippen molar-refractivity contribution in [2.75, 3.05) is 29.9 Å². The first-order chi connectivity index (χ1) is 18.1. The maximum Gasteiger partial charge on any atom is 0.278 e. The van der Waals surface area contributed by atoms with Crippen LogP contribution in [0.4, 0.5) is 16.3 Å². The molecule has 0 bridgehead atoms. The van der Waals surface area contributed by atoms with Crippen LogP contribution in [0.2, 0.25) is 0 Å². The lowest BCUT2D eigenvalue weighted by Gasteiger charge is -2.26. The number of anilines is 2. The molecule has 1 aliphatic heterocycles. The number of H-pyrrole nitrogens is 1. The number of aromatic nitrogens is 7. The number of aryl methyl sites for hydroxylation is 1. The molecule has 1 saturated carbocycles. The smallest absolute Gasteiger partial charge is 0.278 e. The zero-order valence-corrected chi connectivity index (χ0v) is 22.0. The zero-order valence-electron chi connectivity index (χ0n) is 22.0. The van der Waals surface area contributed by atoms with E-state index in [1.165, 1.54) is 22.9 Å². The number of hydrogen-bond acceptors (Lipinski definition) is 8. The van der Waals surface area contributed by atoms with Crippen molar-refractivity contribution in [1.82, 2.24) is 34.3 Å². The van der Waals surface area contributed by atoms with Crippen LogP contribution in [0.5, 0.6) is 0 Å². The van der Waals surface area contributed by atoms with E-state index in [4.69, 9.17) is 4.98 Å². The van der Waals surface area contributed by atoms with Gasteiger partial charge >= 0.3 is 0 Å². The van der Waals surface area contributed by atoms with Gasteiger partial charge in [-0.2, -0.15) is 5.10 Å². The van der Waals surface area contributed by atoms with E-state index >= 15 is 0 Å². The summed E-state index contributed by atoms with van der Waals surface area (Å²) in [7, 11) is 5.36. The molecule has 12 heteroatoms. The highest BCUT2D eigenvalue weighted by Gasteiger charge is 2.58. The first kappa shape index (κ1) is 24.3. The molecule has 1 aliphatic carbocycles. The lowest BCUT2D eigenvalue weighted by atomic mass is 10.1. The Kier molecular flexibility index (Phi) is 5.58. The normalized spacial score (nSPS) is 20.4. The second-order valence-corrected chi connectivity index (χ2v) is 10.8. The predicted molar refractivity (Wildman–Crippen MR) is 142 cm³/mol. The third-order valence-corrected chi connectivity index (χ3v) is 7.72. The molecule has 0 amide bonds. The van der Waals surface area contributed by atoms with E-state index in [2.05, 4.69) is 38.8 Å². The molecule has 0 radical (unpaired) electrons. The van der Waals surface area contributed by atoms with Crippen molar-refractivity contribution in [3.05, 3.63) is 56.7 Å². The predicted octanol–water partition coefficient (Wildman–Crippen LogP) is 1.72. The minimum absolute atomic E-state index is 0.173. The maximum atomic E-state index is 14.4. The molecule has 0 aromatic carbocycles. The summed E-state index contributed by atoms with van der Waals surface area (Å²) in [5, 5.41) is 4.55. The summed E-state index contributed by atoms with van der Waals surface area (Å²) in [6.45, 7) is 5.68. The van der Waals surface area contributed by atoms with Gasteiger partial charge in [-0.3, -0.25) is 28.8 Å². The second kappa shape index (κ2) is 8.74. The molecule has 11 nitrogen and oxygen atoms in total. The van der Waals surface area contributed by atoms with E-state index in [9.17, 15) is 14.0 Å². The Morgan fingerprint density at radius 2 is 1.92 bits per heavy atom. The first-order valence-electron chi connectivity index (χ1n) is 12.8. The van der Waals surface area contributed by atoms with E-state index in [-0.39, 0.29) is 28.4 Å². The van der Waals surface area contributed by atoms with Crippen LogP contribution in [0.25, 0.3) is 22.3 Å². The lowest BCUT2D eigenvalue weighted by molar-refractivity contribution is 0.623. The molecule has 3 atom stereocenters. The molecule has 1 saturated heterocycles. The van der Waals surface area contributed by atoms with Crippen LogP contribution in [0.3, 0.4) is 0 Å². The molecule has 0 unspecified atom stereocenters. The van der Waals surface area contributed by atoms with Crippen LogP contribution < -0.4 is 20.9 Å². The number of nitrogens with one attached hydrogen (secondary N) is 1. The largest absolute Gasteiger partial charge is 0.342 e. The Bertz CT molecular complexity index is 1660. The molecule has 1 N–H and O–H groups in total. The lowest BCUT2D eigenvalue weighted by Crippen LogP contribution is -2.37. The Balaban J connectivity index is 1.24. The van der Waals surface area contributed by atoms with Crippen molar-refractivity contribution >= 4 is 22.9 Å². The van der Waals surface area contributed by atoms with Gasteiger partial charge in [0.1, 0.15) is 5.52 Å². The molecular formula is C26H30FN9O2. The number of fused-ring (bicyclic) bond motifs is 2. The molecule has 38 heavy (non-hydrogen) atoms. The highest BCUT2D eigenvalue weighted by atomic mass is 19.1. The highest BCUT2D eigenvalue weighted by molar-refractivity contribution is 5.78. The SMILES string of the molecule is CC(C)Cc1nn(C)c2c(=O)[nH]c(N3C[C@@H]4[C@H](C3)[C@@H]4N(C)c3nc(-c4ccncc4F)cc(=O)n3C)nc12. The van der Waals surface area contributed by atoms with Crippen molar-refractivity contribution in [2.24, 2.45) is 31.8 Å². The van der Waals surface area contributed by atoms with E-state index < -0.39 is 5.82 Å². The first-order valence-corrected chi connectivity index (χ1v) is 12.8. The monoisotopic (exact) mass is 519 g/mol. The van der Waals surface area contributed by atoms with Crippen molar-refractivity contribution < 1.29 is 4.39 Å². The number of piperidine rings is 1. The standard InChI is InChI=1S/C26H30FN9O2/c1-13(2)8-19-21-23(35(5)32-19)24(38)31-25(30-21)36-11-15-16(12-36)22(15)34(4)26-29-18(9-20(37)33(26)3)14-6-7-28-10-17(14)27/h6-7,9-10,13,15-16,22H,8,11-12H2,1-5H3,(H,30,31,38)/t15-,16+,22-. The molecule has 2 fully saturated rings. The molecule has 4 aromatic rings. The average Bonchev–Trinajstić information content (AvgIpc) is 3.19. The third-order valence-electron chi connectivity index (χ3n) is 7.72. The van der Waals surface area contributed by atoms with E-state index in [1.807, 2.05) is 11.9 Å². The Hall–Kier alpha value is -4.09. The van der Waals surface area contributed by atoms with Crippen molar-refractivity contribution in [1.29, 1.82) is 0 Å². The van der Waals surface area contributed by atoms with Gasteiger partial charge < -0.3 is 9.80 Å². The topological polar surface area (TPSA) is 118 Å².